The summed E-state index contributed by atoms with van der Waals surface area (Å²) < 4.78 is 21.2. The molecule has 45 heavy (non-hydrogen) atoms. The summed E-state index contributed by atoms with van der Waals surface area (Å²) in [5.74, 6) is -1.11. The maximum absolute atomic E-state index is 15.6. The number of piperidine rings is 2. The van der Waals surface area contributed by atoms with Gasteiger partial charge in [0, 0.05) is 25.2 Å². The molecule has 2 aromatic rings. The van der Waals surface area contributed by atoms with Crippen LogP contribution in [0.1, 0.15) is 70.4 Å². The highest BCUT2D eigenvalue weighted by molar-refractivity contribution is 6.08. The first-order valence-corrected chi connectivity index (χ1v) is 16.1. The summed E-state index contributed by atoms with van der Waals surface area (Å²) in [4.78, 5) is 45.6. The summed E-state index contributed by atoms with van der Waals surface area (Å²) in [6.07, 6.45) is 3.57. The Labute approximate surface area is 265 Å². The Morgan fingerprint density at radius 2 is 1.78 bits per heavy atom. The number of fused-ring (bicyclic) bond motifs is 4. The van der Waals surface area contributed by atoms with E-state index < -0.39 is 34.9 Å². The van der Waals surface area contributed by atoms with Crippen LogP contribution in [0.5, 0.6) is 0 Å². The Balaban J connectivity index is 1.17. The van der Waals surface area contributed by atoms with Crippen molar-refractivity contribution in [2.75, 3.05) is 32.1 Å². The Morgan fingerprint density at radius 1 is 1.09 bits per heavy atom. The zero-order chi connectivity index (χ0) is 32.3. The number of likely N-dealkylation sites (N-methyl/N-ethyl adjacent to an activating group) is 1. The molecule has 0 N–H and O–H groups in total. The third kappa shape index (κ3) is 5.63. The molecule has 2 bridgehead atoms. The molecule has 0 aromatic heterocycles. The molecule has 1 aliphatic carbocycles. The normalized spacial score (nSPS) is 24.6. The number of likely N-dealkylation sites (tertiary alicyclic amines) is 2. The Bertz CT molecular complexity index is 1570. The van der Waals surface area contributed by atoms with Crippen molar-refractivity contribution in [3.63, 3.8) is 0 Å². The van der Waals surface area contributed by atoms with E-state index in [1.807, 2.05) is 31.3 Å². The number of ether oxygens (including phenoxy) is 1. The lowest BCUT2D eigenvalue weighted by atomic mass is 9.73. The van der Waals surface area contributed by atoms with E-state index >= 15 is 4.39 Å². The first-order chi connectivity index (χ1) is 21.3. The van der Waals surface area contributed by atoms with Crippen LogP contribution in [0.15, 0.2) is 36.4 Å². The van der Waals surface area contributed by atoms with Crippen LogP contribution in [0.4, 0.5) is 14.9 Å². The predicted molar refractivity (Wildman–Crippen MR) is 169 cm³/mol. The average molecular weight is 615 g/mol. The van der Waals surface area contributed by atoms with Gasteiger partial charge in [0.1, 0.15) is 11.4 Å². The van der Waals surface area contributed by atoms with Crippen LogP contribution in [0.3, 0.4) is 0 Å². The number of rotatable bonds is 6. The number of nitrogens with zero attached hydrogens (tertiary/aromatic N) is 4. The van der Waals surface area contributed by atoms with Crippen LogP contribution in [0, 0.1) is 29.0 Å². The molecule has 6 rings (SSSR count). The molecular weight excluding hydrogens is 571 g/mol. The SMILES string of the molecule is CN1CCC2(CC1)C(=O)N(C)c1ccc(-c3ccc(C[C@@H](C#N)CC(=O)[C@@H]4[C@H]5CC[C@H](C5)N4C(=O)OC(C)(C)C)c(F)c3)cc12. The van der Waals surface area contributed by atoms with Gasteiger partial charge < -0.3 is 14.5 Å². The van der Waals surface area contributed by atoms with Gasteiger partial charge in [-0.05, 0) is 126 Å². The Kier molecular flexibility index (Phi) is 8.01. The van der Waals surface area contributed by atoms with Gasteiger partial charge in [0.05, 0.1) is 23.4 Å². The lowest BCUT2D eigenvalue weighted by molar-refractivity contribution is -0.126. The van der Waals surface area contributed by atoms with Crippen LogP contribution in [-0.2, 0) is 26.2 Å². The fourth-order valence-corrected chi connectivity index (χ4v) is 8.09. The molecule has 4 atom stereocenters. The molecule has 1 spiro atoms. The zero-order valence-electron chi connectivity index (χ0n) is 26.9. The molecule has 0 radical (unpaired) electrons. The second-order valence-electron chi connectivity index (χ2n) is 14.5. The van der Waals surface area contributed by atoms with Crippen molar-refractivity contribution >= 4 is 23.5 Å². The fraction of sp³-hybridized carbons (Fsp3) is 0.556. The summed E-state index contributed by atoms with van der Waals surface area (Å²) in [6.45, 7) is 7.10. The number of ketones is 1. The van der Waals surface area contributed by atoms with Crippen molar-refractivity contribution in [2.45, 2.75) is 88.8 Å². The van der Waals surface area contributed by atoms with Gasteiger partial charge >= 0.3 is 6.09 Å². The topological polar surface area (TPSA) is 94.0 Å². The number of carbonyl (C=O) groups excluding carboxylic acids is 3. The van der Waals surface area contributed by atoms with E-state index in [0.29, 0.717) is 11.1 Å². The lowest BCUT2D eigenvalue weighted by Crippen LogP contribution is -2.51. The molecule has 3 aliphatic heterocycles. The van der Waals surface area contributed by atoms with Gasteiger partial charge in [0.2, 0.25) is 5.91 Å². The smallest absolute Gasteiger partial charge is 0.411 e. The predicted octanol–water partition coefficient (Wildman–Crippen LogP) is 5.86. The maximum Gasteiger partial charge on any atom is 0.411 e. The van der Waals surface area contributed by atoms with E-state index in [2.05, 4.69) is 18.0 Å². The lowest BCUT2D eigenvalue weighted by Gasteiger charge is -2.36. The quantitative estimate of drug-likeness (QED) is 0.405. The van der Waals surface area contributed by atoms with Gasteiger partial charge in [-0.15, -0.1) is 0 Å². The molecular formula is C36H43FN4O4. The molecule has 2 saturated heterocycles. The number of hydrogen-bond acceptors (Lipinski definition) is 6. The van der Waals surface area contributed by atoms with Crippen LogP contribution < -0.4 is 4.90 Å². The summed E-state index contributed by atoms with van der Waals surface area (Å²) in [5.41, 5.74) is 2.61. The zero-order valence-corrected chi connectivity index (χ0v) is 26.9. The number of amides is 2. The summed E-state index contributed by atoms with van der Waals surface area (Å²) in [5, 5.41) is 9.97. The molecule has 8 nitrogen and oxygen atoms in total. The molecule has 3 fully saturated rings. The summed E-state index contributed by atoms with van der Waals surface area (Å²) in [7, 11) is 3.90. The third-order valence-electron chi connectivity index (χ3n) is 10.4. The number of halogens is 1. The van der Waals surface area contributed by atoms with E-state index in [4.69, 9.17) is 4.74 Å². The summed E-state index contributed by atoms with van der Waals surface area (Å²) in [6, 6.07) is 12.5. The molecule has 9 heteroatoms. The second-order valence-corrected chi connectivity index (χ2v) is 14.5. The van der Waals surface area contributed by atoms with Crippen LogP contribution in [-0.4, -0.2) is 72.5 Å². The largest absolute Gasteiger partial charge is 0.444 e. The molecule has 238 valence electrons. The highest BCUT2D eigenvalue weighted by atomic mass is 19.1. The molecule has 0 unspecified atom stereocenters. The number of benzene rings is 2. The van der Waals surface area contributed by atoms with E-state index in [1.54, 1.807) is 36.6 Å². The first-order valence-electron chi connectivity index (χ1n) is 16.1. The number of Topliss-reactive ketones (excluding diaryl/α,β-unsaturated/α-hetero) is 1. The molecule has 3 heterocycles. The fourth-order valence-electron chi connectivity index (χ4n) is 8.09. The maximum atomic E-state index is 15.6. The average Bonchev–Trinajstić information content (AvgIpc) is 3.67. The minimum atomic E-state index is -0.719. The van der Waals surface area contributed by atoms with Gasteiger partial charge in [-0.25, -0.2) is 9.18 Å². The number of anilines is 1. The van der Waals surface area contributed by atoms with Crippen LogP contribution in [0.2, 0.25) is 0 Å². The molecule has 2 aromatic carbocycles. The van der Waals surface area contributed by atoms with Crippen molar-refractivity contribution in [2.24, 2.45) is 11.8 Å². The number of nitriles is 1. The molecule has 2 amide bonds. The van der Waals surface area contributed by atoms with Gasteiger partial charge in [-0.2, -0.15) is 5.26 Å². The van der Waals surface area contributed by atoms with Crippen molar-refractivity contribution in [3.8, 4) is 17.2 Å². The van der Waals surface area contributed by atoms with Crippen LogP contribution >= 0.6 is 0 Å². The van der Waals surface area contributed by atoms with Crippen LogP contribution in [0.25, 0.3) is 11.1 Å². The van der Waals surface area contributed by atoms with E-state index in [0.717, 1.165) is 62.0 Å². The third-order valence-corrected chi connectivity index (χ3v) is 10.4. The minimum Gasteiger partial charge on any atom is -0.444 e. The number of hydrogen-bond donors (Lipinski definition) is 0. The highest BCUT2D eigenvalue weighted by Crippen LogP contribution is 2.49. The van der Waals surface area contributed by atoms with Gasteiger partial charge in [0.25, 0.3) is 0 Å². The monoisotopic (exact) mass is 614 g/mol. The van der Waals surface area contributed by atoms with E-state index in [1.165, 1.54) is 6.07 Å². The number of carbonyl (C=O) groups is 3. The second kappa shape index (κ2) is 11.5. The molecule has 1 saturated carbocycles. The van der Waals surface area contributed by atoms with E-state index in [9.17, 15) is 19.6 Å². The van der Waals surface area contributed by atoms with Crippen molar-refractivity contribution in [1.82, 2.24) is 9.80 Å². The minimum absolute atomic E-state index is 0.0172. The van der Waals surface area contributed by atoms with E-state index in [-0.39, 0.29) is 36.5 Å². The van der Waals surface area contributed by atoms with Gasteiger partial charge in [0.15, 0.2) is 5.78 Å². The first kappa shape index (κ1) is 31.2. The Hall–Kier alpha value is -3.77. The standard InChI is InChI=1S/C36H43FN4O4/c1-35(2,3)45-34(44)41-27-10-8-26(18-27)32(41)31(42)17-22(21-38)16-25-7-6-24(20-29(25)37)23-9-11-30-28(19-23)36(33(43)40(30)5)12-14-39(4)15-13-36/h6-7,9,11,19-20,22,26-27,32H,8,10,12-18H2,1-5H3/t22-,26+,27-,32+/m1/s1. The highest BCUT2D eigenvalue weighted by Gasteiger charge is 2.53. The van der Waals surface area contributed by atoms with Gasteiger partial charge in [-0.1, -0.05) is 18.2 Å². The van der Waals surface area contributed by atoms with Gasteiger partial charge in [-0.3, -0.25) is 14.5 Å². The summed E-state index contributed by atoms with van der Waals surface area (Å²) >= 11 is 0. The molecule has 4 aliphatic rings. The Morgan fingerprint density at radius 3 is 2.44 bits per heavy atom. The van der Waals surface area contributed by atoms with Crippen molar-refractivity contribution < 1.29 is 23.5 Å². The van der Waals surface area contributed by atoms with Crippen molar-refractivity contribution in [3.05, 3.63) is 53.3 Å². The van der Waals surface area contributed by atoms with Crippen molar-refractivity contribution in [1.29, 1.82) is 5.26 Å².